The second-order valence-electron chi connectivity index (χ2n) is 5.57. The first-order chi connectivity index (χ1) is 10.5. The fraction of sp³-hybridized carbons (Fsp3) is 0.211. The van der Waals surface area contributed by atoms with Gasteiger partial charge in [0.05, 0.1) is 0 Å². The van der Waals surface area contributed by atoms with E-state index in [0.717, 1.165) is 22.4 Å². The molecule has 3 heteroatoms. The first-order valence-corrected chi connectivity index (χ1v) is 7.69. The number of benzene rings is 2. The minimum atomic E-state index is -0.133. The van der Waals surface area contributed by atoms with Gasteiger partial charge in [0.2, 0.25) is 5.91 Å². The maximum atomic E-state index is 12.2. The number of rotatable bonds is 4. The average molecular weight is 314 g/mol. The highest BCUT2D eigenvalue weighted by Crippen LogP contribution is 2.27. The number of carbonyl (C=O) groups is 1. The van der Waals surface area contributed by atoms with E-state index in [1.165, 1.54) is 0 Å². The van der Waals surface area contributed by atoms with Gasteiger partial charge in [0, 0.05) is 16.8 Å². The maximum Gasteiger partial charge on any atom is 0.248 e. The molecule has 0 bridgehead atoms. The van der Waals surface area contributed by atoms with Crippen LogP contribution >= 0.6 is 11.6 Å². The number of amides is 1. The van der Waals surface area contributed by atoms with Gasteiger partial charge in [-0.2, -0.15) is 0 Å². The Labute approximate surface area is 136 Å². The molecule has 22 heavy (non-hydrogen) atoms. The third kappa shape index (κ3) is 4.22. The lowest BCUT2D eigenvalue weighted by Gasteiger charge is -2.15. The molecule has 2 aromatic carbocycles. The van der Waals surface area contributed by atoms with Crippen LogP contribution < -0.4 is 5.32 Å². The molecular weight excluding hydrogens is 294 g/mol. The van der Waals surface area contributed by atoms with Gasteiger partial charge in [-0.1, -0.05) is 55.8 Å². The molecule has 0 fully saturated rings. The number of anilines is 1. The largest absolute Gasteiger partial charge is 0.322 e. The monoisotopic (exact) mass is 313 g/mol. The van der Waals surface area contributed by atoms with Crippen LogP contribution in [0.1, 0.15) is 36.5 Å². The molecule has 2 rings (SSSR count). The van der Waals surface area contributed by atoms with Gasteiger partial charge >= 0.3 is 0 Å². The molecule has 0 atom stereocenters. The van der Waals surface area contributed by atoms with Crippen molar-refractivity contribution in [2.24, 2.45) is 0 Å². The van der Waals surface area contributed by atoms with Gasteiger partial charge in [-0.25, -0.2) is 0 Å². The summed E-state index contributed by atoms with van der Waals surface area (Å²) in [7, 11) is 0. The topological polar surface area (TPSA) is 29.1 Å². The van der Waals surface area contributed by atoms with Crippen LogP contribution in [0, 0.1) is 6.92 Å². The Balaban J connectivity index is 2.14. The fourth-order valence-electron chi connectivity index (χ4n) is 2.25. The van der Waals surface area contributed by atoms with Crippen molar-refractivity contribution in [3.8, 4) is 0 Å². The molecule has 0 saturated carbocycles. The highest BCUT2D eigenvalue weighted by Gasteiger charge is 2.10. The number of hydrogen-bond acceptors (Lipinski definition) is 1. The predicted octanol–water partition coefficient (Wildman–Crippen LogP) is 5.42. The van der Waals surface area contributed by atoms with Crippen molar-refractivity contribution in [1.82, 2.24) is 0 Å². The van der Waals surface area contributed by atoms with Crippen molar-refractivity contribution in [3.05, 3.63) is 70.3 Å². The van der Waals surface area contributed by atoms with E-state index in [-0.39, 0.29) is 5.91 Å². The van der Waals surface area contributed by atoms with Crippen molar-refractivity contribution >= 4 is 29.3 Å². The summed E-state index contributed by atoms with van der Waals surface area (Å²) in [5.41, 5.74) is 4.06. The van der Waals surface area contributed by atoms with Crippen LogP contribution in [0.4, 0.5) is 5.69 Å². The molecule has 0 unspecified atom stereocenters. The predicted molar refractivity (Wildman–Crippen MR) is 94.4 cm³/mol. The number of halogens is 1. The lowest BCUT2D eigenvalue weighted by atomic mass is 9.98. The zero-order chi connectivity index (χ0) is 16.1. The molecule has 0 aromatic heterocycles. The van der Waals surface area contributed by atoms with E-state index < -0.39 is 0 Å². The Morgan fingerprint density at radius 1 is 1.14 bits per heavy atom. The van der Waals surface area contributed by atoms with Crippen LogP contribution in [0.25, 0.3) is 6.08 Å². The Morgan fingerprint density at radius 2 is 1.82 bits per heavy atom. The Kier molecular flexibility index (Phi) is 5.40. The average Bonchev–Trinajstić information content (AvgIpc) is 2.48. The first kappa shape index (κ1) is 16.3. The lowest BCUT2D eigenvalue weighted by Crippen LogP contribution is -2.11. The molecule has 2 nitrogen and oxygen atoms in total. The van der Waals surface area contributed by atoms with Gasteiger partial charge in [0.25, 0.3) is 0 Å². The van der Waals surface area contributed by atoms with E-state index in [1.807, 2.05) is 31.2 Å². The molecule has 1 amide bonds. The second-order valence-corrected chi connectivity index (χ2v) is 6.00. The van der Waals surface area contributed by atoms with E-state index in [1.54, 1.807) is 24.3 Å². The zero-order valence-electron chi connectivity index (χ0n) is 13.1. The summed E-state index contributed by atoms with van der Waals surface area (Å²) in [5, 5.41) is 3.67. The number of nitrogens with one attached hydrogen (secondary N) is 1. The first-order valence-electron chi connectivity index (χ1n) is 7.31. The lowest BCUT2D eigenvalue weighted by molar-refractivity contribution is -0.111. The zero-order valence-corrected chi connectivity index (χ0v) is 13.8. The quantitative estimate of drug-likeness (QED) is 0.750. The number of carbonyl (C=O) groups excluding carboxylic acids is 1. The van der Waals surface area contributed by atoms with Crippen LogP contribution in [0.2, 0.25) is 5.02 Å². The molecule has 0 heterocycles. The number of aryl methyl sites for hydroxylation is 1. The van der Waals surface area contributed by atoms with Crippen molar-refractivity contribution < 1.29 is 4.79 Å². The summed E-state index contributed by atoms with van der Waals surface area (Å²) in [4.78, 5) is 12.2. The SMILES string of the molecule is Cc1cccc(C(C)C)c1NC(=O)/C=C/c1ccc(Cl)cc1. The number of para-hydroxylation sites is 1. The van der Waals surface area contributed by atoms with Gasteiger partial charge in [0.1, 0.15) is 0 Å². The van der Waals surface area contributed by atoms with E-state index in [4.69, 9.17) is 11.6 Å². The van der Waals surface area contributed by atoms with Crippen LogP contribution in [-0.4, -0.2) is 5.91 Å². The molecule has 0 aliphatic carbocycles. The maximum absolute atomic E-state index is 12.2. The minimum Gasteiger partial charge on any atom is -0.322 e. The van der Waals surface area contributed by atoms with E-state index in [0.29, 0.717) is 10.9 Å². The van der Waals surface area contributed by atoms with Crippen molar-refractivity contribution in [3.63, 3.8) is 0 Å². The van der Waals surface area contributed by atoms with Crippen LogP contribution in [0.3, 0.4) is 0 Å². The van der Waals surface area contributed by atoms with Crippen LogP contribution in [0.15, 0.2) is 48.5 Å². The fourth-order valence-corrected chi connectivity index (χ4v) is 2.38. The molecule has 0 spiro atoms. The molecule has 114 valence electrons. The third-order valence-corrected chi connectivity index (χ3v) is 3.72. The Morgan fingerprint density at radius 3 is 2.45 bits per heavy atom. The molecule has 0 aliphatic heterocycles. The van der Waals surface area contributed by atoms with Crippen molar-refractivity contribution in [2.75, 3.05) is 5.32 Å². The summed E-state index contributed by atoms with van der Waals surface area (Å²) in [5.74, 6) is 0.224. The van der Waals surface area contributed by atoms with Gasteiger partial charge in [-0.3, -0.25) is 4.79 Å². The summed E-state index contributed by atoms with van der Waals surface area (Å²) in [6, 6.07) is 13.4. The summed E-state index contributed by atoms with van der Waals surface area (Å²) >= 11 is 5.84. The highest BCUT2D eigenvalue weighted by atomic mass is 35.5. The van der Waals surface area contributed by atoms with Gasteiger partial charge in [0.15, 0.2) is 0 Å². The van der Waals surface area contributed by atoms with Crippen LogP contribution in [0.5, 0.6) is 0 Å². The number of hydrogen-bond donors (Lipinski definition) is 1. The van der Waals surface area contributed by atoms with Gasteiger partial charge < -0.3 is 5.32 Å². The van der Waals surface area contributed by atoms with Gasteiger partial charge in [-0.15, -0.1) is 0 Å². The van der Waals surface area contributed by atoms with E-state index in [9.17, 15) is 4.79 Å². The molecule has 0 aliphatic rings. The molecular formula is C19H20ClNO. The Hall–Kier alpha value is -2.06. The van der Waals surface area contributed by atoms with E-state index >= 15 is 0 Å². The molecule has 2 aromatic rings. The van der Waals surface area contributed by atoms with Crippen molar-refractivity contribution in [1.29, 1.82) is 0 Å². The standard InChI is InChI=1S/C19H20ClNO/c1-13(2)17-6-4-5-14(3)19(17)21-18(22)12-9-15-7-10-16(20)11-8-15/h4-13H,1-3H3,(H,21,22)/b12-9+. The summed E-state index contributed by atoms with van der Waals surface area (Å²) < 4.78 is 0. The third-order valence-electron chi connectivity index (χ3n) is 3.47. The summed E-state index contributed by atoms with van der Waals surface area (Å²) in [6.07, 6.45) is 3.32. The van der Waals surface area contributed by atoms with Crippen molar-refractivity contribution in [2.45, 2.75) is 26.7 Å². The smallest absolute Gasteiger partial charge is 0.248 e. The molecule has 1 N–H and O–H groups in total. The summed E-state index contributed by atoms with van der Waals surface area (Å²) in [6.45, 7) is 6.24. The highest BCUT2D eigenvalue weighted by molar-refractivity contribution is 6.30. The molecule has 0 saturated heterocycles. The minimum absolute atomic E-state index is 0.133. The van der Waals surface area contributed by atoms with Crippen LogP contribution in [-0.2, 0) is 4.79 Å². The van der Waals surface area contributed by atoms with Gasteiger partial charge in [-0.05, 0) is 47.7 Å². The second kappa shape index (κ2) is 7.28. The normalized spacial score (nSPS) is 11.1. The Bertz CT molecular complexity index is 687. The van der Waals surface area contributed by atoms with E-state index in [2.05, 4.69) is 25.2 Å². The molecule has 0 radical (unpaired) electrons.